The number of nitrogens with one attached hydrogen (secondary N) is 1. The number of rotatable bonds is 42. The van der Waals surface area contributed by atoms with Crippen molar-refractivity contribution in [3.63, 3.8) is 0 Å². The summed E-state index contributed by atoms with van der Waals surface area (Å²) >= 11 is 0. The van der Waals surface area contributed by atoms with Crippen LogP contribution in [0.25, 0.3) is 0 Å². The topological polar surface area (TPSA) is 100 Å². The Balaban J connectivity index is 4.57. The van der Waals surface area contributed by atoms with E-state index in [0.717, 1.165) is 51.4 Å². The van der Waals surface area contributed by atoms with E-state index in [1.807, 2.05) is 13.8 Å². The Kier molecular flexibility index (Phi) is 36.5. The fraction of sp³-hybridized carbons (Fsp3) is 0.938. The highest BCUT2D eigenvalue weighted by atomic mass is 16.6. The molecule has 56 heavy (non-hydrogen) atoms. The SMILES string of the molecule is CCCCCCCCCCCCCCCC(=O)OCC(CCNC(=O)CC(C)(C)OCCC(C)(CC)OC)OC(=O)CCCCCCCCCCCCCCC. The summed E-state index contributed by atoms with van der Waals surface area (Å²) in [6, 6.07) is 0. The molecule has 0 fully saturated rings. The molecule has 332 valence electrons. The van der Waals surface area contributed by atoms with E-state index in [0.29, 0.717) is 32.4 Å². The van der Waals surface area contributed by atoms with Crippen molar-refractivity contribution in [2.45, 2.75) is 264 Å². The number of carbonyl (C=O) groups excluding carboxylic acids is 3. The monoisotopic (exact) mass is 796 g/mol. The molecule has 0 saturated carbocycles. The number of carbonyl (C=O) groups is 3. The molecule has 0 bridgehead atoms. The third-order valence-corrected chi connectivity index (χ3v) is 11.4. The minimum atomic E-state index is -0.630. The first kappa shape index (κ1) is 54.3. The van der Waals surface area contributed by atoms with Crippen molar-refractivity contribution < 1.29 is 33.3 Å². The zero-order valence-electron chi connectivity index (χ0n) is 38.2. The molecule has 0 aliphatic heterocycles. The summed E-state index contributed by atoms with van der Waals surface area (Å²) < 4.78 is 23.1. The number of methoxy groups -OCH3 is 1. The lowest BCUT2D eigenvalue weighted by Gasteiger charge is -2.30. The lowest BCUT2D eigenvalue weighted by molar-refractivity contribution is -0.159. The molecule has 0 radical (unpaired) electrons. The van der Waals surface area contributed by atoms with Gasteiger partial charge in [0.1, 0.15) is 12.7 Å². The van der Waals surface area contributed by atoms with Gasteiger partial charge < -0.3 is 24.3 Å². The van der Waals surface area contributed by atoms with Crippen LogP contribution in [-0.2, 0) is 33.3 Å². The quantitative estimate of drug-likeness (QED) is 0.0485. The maximum atomic E-state index is 12.8. The van der Waals surface area contributed by atoms with Crippen LogP contribution in [0, 0.1) is 0 Å². The largest absolute Gasteiger partial charge is 0.462 e. The molecule has 0 spiro atoms. The Bertz CT molecular complexity index is 919. The minimum Gasteiger partial charge on any atom is -0.462 e. The maximum Gasteiger partial charge on any atom is 0.306 e. The minimum absolute atomic E-state index is 0.0157. The second kappa shape index (κ2) is 37.6. The van der Waals surface area contributed by atoms with Crippen molar-refractivity contribution in [2.75, 3.05) is 26.9 Å². The molecular formula is C48H93NO7. The molecule has 1 amide bonds. The average Bonchev–Trinajstić information content (AvgIpc) is 3.17. The van der Waals surface area contributed by atoms with Crippen molar-refractivity contribution in [3.8, 4) is 0 Å². The van der Waals surface area contributed by atoms with Gasteiger partial charge in [0.15, 0.2) is 0 Å². The molecular weight excluding hydrogens is 703 g/mol. The van der Waals surface area contributed by atoms with Gasteiger partial charge in [-0.15, -0.1) is 0 Å². The third kappa shape index (κ3) is 35.5. The van der Waals surface area contributed by atoms with Crippen molar-refractivity contribution >= 4 is 17.8 Å². The Labute approximate surface area is 346 Å². The number of ether oxygens (including phenoxy) is 4. The molecule has 8 heteroatoms. The highest BCUT2D eigenvalue weighted by Crippen LogP contribution is 2.22. The second-order valence-electron chi connectivity index (χ2n) is 17.5. The molecule has 0 saturated heterocycles. The van der Waals surface area contributed by atoms with Crippen LogP contribution >= 0.6 is 0 Å². The van der Waals surface area contributed by atoms with Crippen LogP contribution in [0.2, 0.25) is 0 Å². The fourth-order valence-corrected chi connectivity index (χ4v) is 7.09. The van der Waals surface area contributed by atoms with Gasteiger partial charge in [-0.2, -0.15) is 0 Å². The second-order valence-corrected chi connectivity index (χ2v) is 17.5. The molecule has 2 atom stereocenters. The van der Waals surface area contributed by atoms with Gasteiger partial charge in [0.05, 0.1) is 24.2 Å². The Morgan fingerprint density at radius 2 is 0.982 bits per heavy atom. The van der Waals surface area contributed by atoms with Crippen LogP contribution in [0.4, 0.5) is 0 Å². The van der Waals surface area contributed by atoms with Crippen LogP contribution in [0.15, 0.2) is 0 Å². The van der Waals surface area contributed by atoms with Crippen LogP contribution in [0.1, 0.15) is 247 Å². The number of unbranched alkanes of at least 4 members (excludes halogenated alkanes) is 24. The summed E-state index contributed by atoms with van der Waals surface area (Å²) in [4.78, 5) is 38.3. The molecule has 1 N–H and O–H groups in total. The molecule has 0 rings (SSSR count). The molecule has 0 aliphatic rings. The van der Waals surface area contributed by atoms with Gasteiger partial charge in [-0.3, -0.25) is 14.4 Å². The van der Waals surface area contributed by atoms with Crippen molar-refractivity contribution in [3.05, 3.63) is 0 Å². The molecule has 2 unspecified atom stereocenters. The van der Waals surface area contributed by atoms with Crippen molar-refractivity contribution in [1.29, 1.82) is 0 Å². The Morgan fingerprint density at radius 1 is 0.571 bits per heavy atom. The van der Waals surface area contributed by atoms with Gasteiger partial charge in [-0.05, 0) is 46.5 Å². The summed E-state index contributed by atoms with van der Waals surface area (Å²) in [5, 5.41) is 2.96. The molecule has 0 aliphatic carbocycles. The van der Waals surface area contributed by atoms with Gasteiger partial charge in [0.25, 0.3) is 0 Å². The normalized spacial score (nSPS) is 13.3. The van der Waals surface area contributed by atoms with E-state index < -0.39 is 11.7 Å². The van der Waals surface area contributed by atoms with E-state index in [9.17, 15) is 14.4 Å². The number of esters is 2. The van der Waals surface area contributed by atoms with Crippen LogP contribution in [0.3, 0.4) is 0 Å². The predicted molar refractivity (Wildman–Crippen MR) is 234 cm³/mol. The number of amides is 1. The Morgan fingerprint density at radius 3 is 1.39 bits per heavy atom. The fourth-order valence-electron chi connectivity index (χ4n) is 7.09. The zero-order chi connectivity index (χ0) is 41.6. The van der Waals surface area contributed by atoms with Gasteiger partial charge in [-0.1, -0.05) is 175 Å². The van der Waals surface area contributed by atoms with Crippen LogP contribution in [-0.4, -0.2) is 62.0 Å². The van der Waals surface area contributed by atoms with E-state index in [1.54, 1.807) is 7.11 Å². The average molecular weight is 796 g/mol. The van der Waals surface area contributed by atoms with Crippen molar-refractivity contribution in [2.24, 2.45) is 0 Å². The summed E-state index contributed by atoms with van der Waals surface area (Å²) in [6.07, 6.45) is 34.9. The van der Waals surface area contributed by atoms with Gasteiger partial charge in [-0.25, -0.2) is 0 Å². The van der Waals surface area contributed by atoms with Gasteiger partial charge in [0, 0.05) is 32.9 Å². The molecule has 0 aromatic heterocycles. The van der Waals surface area contributed by atoms with E-state index in [2.05, 4.69) is 33.0 Å². The van der Waals surface area contributed by atoms with Crippen LogP contribution in [0.5, 0.6) is 0 Å². The predicted octanol–water partition coefficient (Wildman–Crippen LogP) is 13.3. The van der Waals surface area contributed by atoms with Crippen molar-refractivity contribution in [1.82, 2.24) is 5.32 Å². The number of hydrogen-bond donors (Lipinski definition) is 1. The standard InChI is InChI=1S/C48H93NO7/c1-8-11-13-15-17-19-21-23-25-27-29-31-33-35-45(51)54-42-43(37-39-49-44(50)41-47(4,5)55-40-38-48(6,10-3)53-7)56-46(52)36-34-32-30-28-26-24-22-20-18-16-14-12-9-2/h43H,8-42H2,1-7H3,(H,49,50). The Hall–Kier alpha value is -1.67. The lowest BCUT2D eigenvalue weighted by Crippen LogP contribution is -2.38. The molecule has 0 aromatic rings. The van der Waals surface area contributed by atoms with E-state index in [4.69, 9.17) is 18.9 Å². The first-order valence-corrected chi connectivity index (χ1v) is 23.8. The van der Waals surface area contributed by atoms with E-state index in [1.165, 1.54) is 128 Å². The molecule has 0 aromatic carbocycles. The van der Waals surface area contributed by atoms with Crippen LogP contribution < -0.4 is 5.32 Å². The summed E-state index contributed by atoms with van der Waals surface area (Å²) in [5.41, 5.74) is -0.872. The number of hydrogen-bond acceptors (Lipinski definition) is 7. The zero-order valence-corrected chi connectivity index (χ0v) is 38.2. The first-order chi connectivity index (χ1) is 27.0. The maximum absolute atomic E-state index is 12.8. The molecule has 8 nitrogen and oxygen atoms in total. The lowest BCUT2D eigenvalue weighted by atomic mass is 9.99. The highest BCUT2D eigenvalue weighted by Gasteiger charge is 2.26. The first-order valence-electron chi connectivity index (χ1n) is 23.8. The van der Waals surface area contributed by atoms with E-state index >= 15 is 0 Å². The summed E-state index contributed by atoms with van der Waals surface area (Å²) in [5.74, 6) is -0.640. The summed E-state index contributed by atoms with van der Waals surface area (Å²) in [7, 11) is 1.72. The smallest absolute Gasteiger partial charge is 0.306 e. The highest BCUT2D eigenvalue weighted by molar-refractivity contribution is 5.76. The van der Waals surface area contributed by atoms with Gasteiger partial charge in [0.2, 0.25) is 5.91 Å². The molecule has 0 heterocycles. The third-order valence-electron chi connectivity index (χ3n) is 11.4. The van der Waals surface area contributed by atoms with E-state index in [-0.39, 0.29) is 36.5 Å². The van der Waals surface area contributed by atoms with Gasteiger partial charge >= 0.3 is 11.9 Å². The summed E-state index contributed by atoms with van der Waals surface area (Å²) in [6.45, 7) is 13.4.